The Morgan fingerprint density at radius 2 is 1.50 bits per heavy atom. The summed E-state index contributed by atoms with van der Waals surface area (Å²) in [6.45, 7) is 4.24. The van der Waals surface area contributed by atoms with Gasteiger partial charge in [-0.3, -0.25) is 5.32 Å². The van der Waals surface area contributed by atoms with Gasteiger partial charge < -0.3 is 25.8 Å². The van der Waals surface area contributed by atoms with Gasteiger partial charge in [-0.2, -0.15) is 0 Å². The van der Waals surface area contributed by atoms with Crippen LogP contribution in [0.15, 0.2) is 48.5 Å². The average Bonchev–Trinajstić information content (AvgIpc) is 2.83. The third-order valence-corrected chi connectivity index (χ3v) is 8.23. The fourth-order valence-electron chi connectivity index (χ4n) is 6.30. The van der Waals surface area contributed by atoms with Crippen molar-refractivity contribution in [3.05, 3.63) is 70.8 Å². The number of fused-ring (bicyclic) bond motifs is 2. The van der Waals surface area contributed by atoms with Crippen LogP contribution in [-0.2, 0) is 24.1 Å². The molecule has 32 heavy (non-hydrogen) atoms. The SMILES string of the molecule is OC1CNCCC12Cc1ccccc1C(O[C@@H]1CNCC[C@]13Cc1ccccc1CN3)N2. The molecule has 5 atom stereocenters. The molecule has 4 heterocycles. The molecule has 170 valence electrons. The van der Waals surface area contributed by atoms with E-state index in [1.165, 1.54) is 22.3 Å². The van der Waals surface area contributed by atoms with E-state index in [9.17, 15) is 5.11 Å². The Labute approximate surface area is 190 Å². The lowest BCUT2D eigenvalue weighted by Crippen LogP contribution is -2.68. The first-order chi connectivity index (χ1) is 15.7. The van der Waals surface area contributed by atoms with Gasteiger partial charge in [-0.05, 0) is 61.0 Å². The lowest BCUT2D eigenvalue weighted by molar-refractivity contribution is -0.119. The van der Waals surface area contributed by atoms with Crippen LogP contribution in [0.2, 0.25) is 0 Å². The largest absolute Gasteiger partial charge is 0.390 e. The maximum Gasteiger partial charge on any atom is 0.135 e. The summed E-state index contributed by atoms with van der Waals surface area (Å²) in [6, 6.07) is 17.4. The summed E-state index contributed by atoms with van der Waals surface area (Å²) in [7, 11) is 0. The highest BCUT2D eigenvalue weighted by atomic mass is 16.5. The number of ether oxygens (including phenoxy) is 1. The van der Waals surface area contributed by atoms with Crippen LogP contribution in [0, 0.1) is 0 Å². The molecule has 0 radical (unpaired) electrons. The molecule has 0 saturated carbocycles. The van der Waals surface area contributed by atoms with Gasteiger partial charge in [0.15, 0.2) is 0 Å². The molecule has 0 aromatic heterocycles. The zero-order valence-corrected chi connectivity index (χ0v) is 18.6. The van der Waals surface area contributed by atoms with Crippen LogP contribution in [0.5, 0.6) is 0 Å². The minimum Gasteiger partial charge on any atom is -0.390 e. The molecule has 0 bridgehead atoms. The summed E-state index contributed by atoms with van der Waals surface area (Å²) in [4.78, 5) is 0. The zero-order valence-electron chi connectivity index (χ0n) is 18.6. The molecule has 6 rings (SSSR count). The molecule has 2 aromatic rings. The molecule has 0 amide bonds. The lowest BCUT2D eigenvalue weighted by Gasteiger charge is -2.52. The molecule has 6 heteroatoms. The van der Waals surface area contributed by atoms with Crippen molar-refractivity contribution in [1.29, 1.82) is 0 Å². The Morgan fingerprint density at radius 1 is 0.812 bits per heavy atom. The quantitative estimate of drug-likeness (QED) is 0.492. The maximum atomic E-state index is 11.0. The van der Waals surface area contributed by atoms with Crippen molar-refractivity contribution >= 4 is 0 Å². The summed E-state index contributed by atoms with van der Waals surface area (Å²) in [5.74, 6) is 0. The van der Waals surface area contributed by atoms with E-state index in [1.54, 1.807) is 0 Å². The first-order valence-electron chi connectivity index (χ1n) is 12.1. The average molecular weight is 435 g/mol. The summed E-state index contributed by atoms with van der Waals surface area (Å²) in [6.07, 6.45) is 3.12. The van der Waals surface area contributed by atoms with Crippen molar-refractivity contribution in [1.82, 2.24) is 21.3 Å². The Morgan fingerprint density at radius 3 is 2.34 bits per heavy atom. The lowest BCUT2D eigenvalue weighted by atomic mass is 9.75. The van der Waals surface area contributed by atoms with Crippen LogP contribution < -0.4 is 21.3 Å². The standard InChI is InChI=1S/C26H34N4O2/c31-22-16-27-11-9-25(22)14-19-6-3-4-8-21(19)24(30-25)32-23-17-28-12-10-26(23)13-18-5-1-2-7-20(18)15-29-26/h1-8,22-24,27-31H,9-17H2/t22?,23-,24?,25?,26+/m1/s1. The second kappa shape index (κ2) is 8.20. The van der Waals surface area contributed by atoms with Crippen LogP contribution in [0.25, 0.3) is 0 Å². The molecule has 3 unspecified atom stereocenters. The number of aliphatic hydroxyl groups is 1. The number of rotatable bonds is 2. The first kappa shape index (κ1) is 20.8. The van der Waals surface area contributed by atoms with Crippen molar-refractivity contribution in [3.63, 3.8) is 0 Å². The molecular weight excluding hydrogens is 400 g/mol. The van der Waals surface area contributed by atoms with E-state index in [-0.39, 0.29) is 23.4 Å². The molecule has 0 aliphatic carbocycles. The van der Waals surface area contributed by atoms with E-state index in [2.05, 4.69) is 69.8 Å². The van der Waals surface area contributed by atoms with Crippen LogP contribution in [0.3, 0.4) is 0 Å². The van der Waals surface area contributed by atoms with Crippen molar-refractivity contribution < 1.29 is 9.84 Å². The van der Waals surface area contributed by atoms with Crippen LogP contribution in [0.4, 0.5) is 0 Å². The molecule has 2 aromatic carbocycles. The van der Waals surface area contributed by atoms with E-state index in [1.807, 2.05) is 0 Å². The first-order valence-corrected chi connectivity index (χ1v) is 12.1. The molecule has 4 aliphatic rings. The van der Waals surface area contributed by atoms with Gasteiger partial charge in [-0.1, -0.05) is 48.5 Å². The predicted molar refractivity (Wildman–Crippen MR) is 124 cm³/mol. The van der Waals surface area contributed by atoms with Crippen molar-refractivity contribution in [2.75, 3.05) is 26.2 Å². The zero-order chi connectivity index (χ0) is 21.6. The van der Waals surface area contributed by atoms with Crippen LogP contribution in [-0.4, -0.2) is 54.6 Å². The molecule has 4 aliphatic heterocycles. The normalized spacial score (nSPS) is 36.6. The van der Waals surface area contributed by atoms with Gasteiger partial charge in [-0.25, -0.2) is 0 Å². The third kappa shape index (κ3) is 3.50. The fraction of sp³-hybridized carbons (Fsp3) is 0.538. The minimum atomic E-state index is -0.436. The second-order valence-corrected chi connectivity index (χ2v) is 10.1. The minimum absolute atomic E-state index is 0.0316. The topological polar surface area (TPSA) is 77.6 Å². The number of benzene rings is 2. The Kier molecular flexibility index (Phi) is 5.33. The number of aliphatic hydroxyl groups excluding tert-OH is 1. The summed E-state index contributed by atoms with van der Waals surface area (Å²) < 4.78 is 6.98. The summed E-state index contributed by atoms with van der Waals surface area (Å²) in [5, 5.41) is 25.6. The van der Waals surface area contributed by atoms with E-state index < -0.39 is 6.10 Å². The van der Waals surface area contributed by atoms with Crippen molar-refractivity contribution in [3.8, 4) is 0 Å². The van der Waals surface area contributed by atoms with E-state index in [0.29, 0.717) is 6.54 Å². The summed E-state index contributed by atoms with van der Waals surface area (Å²) >= 11 is 0. The number of piperidine rings is 2. The molecule has 2 spiro atoms. The van der Waals surface area contributed by atoms with Gasteiger partial charge in [0.05, 0.1) is 23.3 Å². The Hall–Kier alpha value is -1.80. The number of nitrogens with one attached hydrogen (secondary N) is 4. The fourth-order valence-corrected chi connectivity index (χ4v) is 6.30. The highest BCUT2D eigenvalue weighted by Gasteiger charge is 2.49. The van der Waals surface area contributed by atoms with Gasteiger partial charge in [0, 0.05) is 19.6 Å². The van der Waals surface area contributed by atoms with Crippen LogP contribution in [0.1, 0.15) is 41.3 Å². The monoisotopic (exact) mass is 434 g/mol. The van der Waals surface area contributed by atoms with Gasteiger partial charge in [0.1, 0.15) is 6.23 Å². The predicted octanol–water partition coefficient (Wildman–Crippen LogP) is 1.39. The van der Waals surface area contributed by atoms with Gasteiger partial charge >= 0.3 is 0 Å². The number of β-amino-alcohol motifs (C(OH)–C–C–N with tert-alkyl or cyclic N) is 1. The van der Waals surface area contributed by atoms with Gasteiger partial charge in [0.25, 0.3) is 0 Å². The van der Waals surface area contributed by atoms with E-state index >= 15 is 0 Å². The van der Waals surface area contributed by atoms with E-state index in [0.717, 1.165) is 51.9 Å². The van der Waals surface area contributed by atoms with E-state index in [4.69, 9.17) is 4.74 Å². The van der Waals surface area contributed by atoms with Crippen LogP contribution >= 0.6 is 0 Å². The van der Waals surface area contributed by atoms with Crippen molar-refractivity contribution in [2.45, 2.75) is 61.7 Å². The smallest absolute Gasteiger partial charge is 0.135 e. The van der Waals surface area contributed by atoms with Crippen molar-refractivity contribution in [2.24, 2.45) is 0 Å². The molecule has 5 N–H and O–H groups in total. The number of hydrogen-bond acceptors (Lipinski definition) is 6. The highest BCUT2D eigenvalue weighted by Crippen LogP contribution is 2.39. The molecule has 2 fully saturated rings. The second-order valence-electron chi connectivity index (χ2n) is 10.1. The third-order valence-electron chi connectivity index (χ3n) is 8.23. The highest BCUT2D eigenvalue weighted by molar-refractivity contribution is 5.36. The maximum absolute atomic E-state index is 11.0. The summed E-state index contributed by atoms with van der Waals surface area (Å²) in [5.41, 5.74) is 4.91. The Bertz CT molecular complexity index is 984. The number of hydrogen-bond donors (Lipinski definition) is 5. The molecular formula is C26H34N4O2. The molecule has 2 saturated heterocycles. The Balaban J connectivity index is 1.31. The van der Waals surface area contributed by atoms with Gasteiger partial charge in [0.2, 0.25) is 0 Å². The molecule has 6 nitrogen and oxygen atoms in total. The van der Waals surface area contributed by atoms with Gasteiger partial charge in [-0.15, -0.1) is 0 Å².